The van der Waals surface area contributed by atoms with E-state index in [0.717, 1.165) is 6.42 Å². The molecule has 0 unspecified atom stereocenters. The molecule has 2 rings (SSSR count). The minimum absolute atomic E-state index is 0.0251. The number of nitrogens with one attached hydrogen (secondary N) is 1. The van der Waals surface area contributed by atoms with Crippen LogP contribution >= 0.6 is 0 Å². The predicted octanol–water partition coefficient (Wildman–Crippen LogP) is 0.472. The van der Waals surface area contributed by atoms with E-state index in [-0.39, 0.29) is 23.7 Å². The van der Waals surface area contributed by atoms with Gasteiger partial charge in [0.25, 0.3) is 0 Å². The Morgan fingerprint density at radius 2 is 1.65 bits per heavy atom. The zero-order valence-corrected chi connectivity index (χ0v) is 11.8. The van der Waals surface area contributed by atoms with Crippen molar-refractivity contribution in [2.75, 3.05) is 20.1 Å². The summed E-state index contributed by atoms with van der Waals surface area (Å²) in [6.07, 6.45) is 3.40. The monoisotopic (exact) mass is 282 g/mol. The van der Waals surface area contributed by atoms with Gasteiger partial charge in [0.15, 0.2) is 0 Å². The number of carbonyl (C=O) groups is 3. The van der Waals surface area contributed by atoms with E-state index in [1.54, 1.807) is 11.9 Å². The molecule has 1 saturated heterocycles. The van der Waals surface area contributed by atoms with Crippen LogP contribution in [0.25, 0.3) is 0 Å². The van der Waals surface area contributed by atoms with Crippen molar-refractivity contribution in [2.24, 2.45) is 17.8 Å². The molecule has 112 valence electrons. The number of carboxylic acids is 1. The molecular weight excluding hydrogens is 260 g/mol. The van der Waals surface area contributed by atoms with Gasteiger partial charge in [-0.15, -0.1) is 0 Å². The summed E-state index contributed by atoms with van der Waals surface area (Å²) < 4.78 is 0. The van der Waals surface area contributed by atoms with E-state index in [4.69, 9.17) is 5.11 Å². The number of carboxylic acid groups (broad SMARTS) is 1. The molecule has 0 bridgehead atoms. The second kappa shape index (κ2) is 6.24. The number of rotatable bonds is 3. The van der Waals surface area contributed by atoms with Crippen LogP contribution in [0.15, 0.2) is 0 Å². The summed E-state index contributed by atoms with van der Waals surface area (Å²) >= 11 is 0. The first-order chi connectivity index (χ1) is 9.54. The van der Waals surface area contributed by atoms with E-state index < -0.39 is 11.9 Å². The number of nitrogens with zero attached hydrogens (tertiary/aromatic N) is 1. The van der Waals surface area contributed by atoms with E-state index in [1.807, 2.05) is 0 Å². The molecule has 20 heavy (non-hydrogen) atoms. The van der Waals surface area contributed by atoms with E-state index in [9.17, 15) is 14.4 Å². The number of carbonyl (C=O) groups excluding carboxylic acids is 2. The van der Waals surface area contributed by atoms with Gasteiger partial charge in [-0.1, -0.05) is 6.42 Å². The number of aliphatic carboxylic acids is 1. The van der Waals surface area contributed by atoms with Crippen molar-refractivity contribution in [3.8, 4) is 0 Å². The predicted molar refractivity (Wildman–Crippen MR) is 71.8 cm³/mol. The molecule has 1 saturated carbocycles. The van der Waals surface area contributed by atoms with Crippen LogP contribution in [-0.4, -0.2) is 47.9 Å². The standard InChI is InChI=1S/C14H22N2O4/c1-15-12(17)9-5-7-16(8-6-9)13(18)10-3-2-4-11(10)14(19)20/h9-11H,2-8H2,1H3,(H,15,17)(H,19,20)/t10-,11+/m1/s1. The highest BCUT2D eigenvalue weighted by Gasteiger charge is 2.40. The highest BCUT2D eigenvalue weighted by molar-refractivity contribution is 5.85. The van der Waals surface area contributed by atoms with Crippen molar-refractivity contribution < 1.29 is 19.5 Å². The summed E-state index contributed by atoms with van der Waals surface area (Å²) in [5.41, 5.74) is 0. The van der Waals surface area contributed by atoms with Crippen LogP contribution < -0.4 is 5.32 Å². The van der Waals surface area contributed by atoms with Crippen LogP contribution in [-0.2, 0) is 14.4 Å². The Morgan fingerprint density at radius 3 is 2.20 bits per heavy atom. The molecule has 0 aromatic rings. The Morgan fingerprint density at radius 1 is 1.05 bits per heavy atom. The average Bonchev–Trinajstić information content (AvgIpc) is 2.95. The van der Waals surface area contributed by atoms with E-state index in [2.05, 4.69) is 5.32 Å². The highest BCUT2D eigenvalue weighted by Crippen LogP contribution is 2.34. The Kier molecular flexibility index (Phi) is 4.62. The van der Waals surface area contributed by atoms with Gasteiger partial charge >= 0.3 is 5.97 Å². The molecule has 2 N–H and O–H groups in total. The van der Waals surface area contributed by atoms with Gasteiger partial charge in [0.2, 0.25) is 11.8 Å². The molecule has 2 amide bonds. The van der Waals surface area contributed by atoms with Gasteiger partial charge in [0.1, 0.15) is 0 Å². The van der Waals surface area contributed by atoms with E-state index in [0.29, 0.717) is 38.8 Å². The fraction of sp³-hybridized carbons (Fsp3) is 0.786. The minimum atomic E-state index is -0.860. The number of likely N-dealkylation sites (tertiary alicyclic amines) is 1. The maximum atomic E-state index is 12.4. The topological polar surface area (TPSA) is 86.7 Å². The van der Waals surface area contributed by atoms with Crippen molar-refractivity contribution in [1.29, 1.82) is 0 Å². The van der Waals surface area contributed by atoms with Crippen LogP contribution in [0.3, 0.4) is 0 Å². The Labute approximate surface area is 118 Å². The fourth-order valence-corrected chi connectivity index (χ4v) is 3.35. The van der Waals surface area contributed by atoms with Crippen molar-refractivity contribution in [3.63, 3.8) is 0 Å². The third kappa shape index (κ3) is 2.94. The summed E-state index contributed by atoms with van der Waals surface area (Å²) in [7, 11) is 1.62. The van der Waals surface area contributed by atoms with Crippen LogP contribution in [0.1, 0.15) is 32.1 Å². The number of amides is 2. The fourth-order valence-electron chi connectivity index (χ4n) is 3.35. The number of hydrogen-bond acceptors (Lipinski definition) is 3. The molecule has 1 aliphatic heterocycles. The van der Waals surface area contributed by atoms with Crippen molar-refractivity contribution >= 4 is 17.8 Å². The van der Waals surface area contributed by atoms with Gasteiger partial charge in [-0.05, 0) is 25.7 Å². The van der Waals surface area contributed by atoms with E-state index >= 15 is 0 Å². The minimum Gasteiger partial charge on any atom is -0.481 e. The largest absolute Gasteiger partial charge is 0.481 e. The first-order valence-corrected chi connectivity index (χ1v) is 7.27. The number of hydrogen-bond donors (Lipinski definition) is 2. The molecule has 1 heterocycles. The second-order valence-corrected chi connectivity index (χ2v) is 5.70. The normalized spacial score (nSPS) is 27.4. The summed E-state index contributed by atoms with van der Waals surface area (Å²) in [6, 6.07) is 0. The first-order valence-electron chi connectivity index (χ1n) is 7.27. The second-order valence-electron chi connectivity index (χ2n) is 5.70. The van der Waals surface area contributed by atoms with Gasteiger partial charge in [-0.25, -0.2) is 0 Å². The van der Waals surface area contributed by atoms with Gasteiger partial charge in [-0.2, -0.15) is 0 Å². The Bertz CT molecular complexity index is 402. The average molecular weight is 282 g/mol. The molecule has 0 aromatic carbocycles. The number of piperidine rings is 1. The maximum Gasteiger partial charge on any atom is 0.307 e. The molecule has 1 aliphatic carbocycles. The third-order valence-corrected chi connectivity index (χ3v) is 4.57. The van der Waals surface area contributed by atoms with Crippen LogP contribution in [0, 0.1) is 17.8 Å². The van der Waals surface area contributed by atoms with Crippen molar-refractivity contribution in [2.45, 2.75) is 32.1 Å². The van der Waals surface area contributed by atoms with E-state index in [1.165, 1.54) is 0 Å². The lowest BCUT2D eigenvalue weighted by Crippen LogP contribution is -2.45. The van der Waals surface area contributed by atoms with Gasteiger partial charge in [0.05, 0.1) is 11.8 Å². The first kappa shape index (κ1) is 14.8. The van der Waals surface area contributed by atoms with Crippen molar-refractivity contribution in [1.82, 2.24) is 10.2 Å². The molecule has 2 fully saturated rings. The van der Waals surface area contributed by atoms with Crippen LogP contribution in [0.4, 0.5) is 0 Å². The van der Waals surface area contributed by atoms with Gasteiger partial charge < -0.3 is 15.3 Å². The molecule has 0 radical (unpaired) electrons. The smallest absolute Gasteiger partial charge is 0.307 e. The quantitative estimate of drug-likeness (QED) is 0.788. The van der Waals surface area contributed by atoms with Crippen LogP contribution in [0.5, 0.6) is 0 Å². The van der Waals surface area contributed by atoms with Gasteiger partial charge in [-0.3, -0.25) is 14.4 Å². The molecule has 2 aliphatic rings. The lowest BCUT2D eigenvalue weighted by Gasteiger charge is -2.33. The zero-order chi connectivity index (χ0) is 14.7. The van der Waals surface area contributed by atoms with Gasteiger partial charge in [0, 0.05) is 26.1 Å². The van der Waals surface area contributed by atoms with Crippen molar-refractivity contribution in [3.05, 3.63) is 0 Å². The summed E-state index contributed by atoms with van der Waals surface area (Å²) in [5, 5.41) is 11.8. The molecule has 2 atom stereocenters. The lowest BCUT2D eigenvalue weighted by molar-refractivity contribution is -0.149. The summed E-state index contributed by atoms with van der Waals surface area (Å²) in [4.78, 5) is 36.9. The summed E-state index contributed by atoms with van der Waals surface area (Å²) in [6.45, 7) is 1.11. The SMILES string of the molecule is CNC(=O)C1CCN(C(=O)[C@@H]2CCC[C@@H]2C(=O)O)CC1. The third-order valence-electron chi connectivity index (χ3n) is 4.57. The van der Waals surface area contributed by atoms with Crippen LogP contribution in [0.2, 0.25) is 0 Å². The Balaban J connectivity index is 1.91. The maximum absolute atomic E-state index is 12.4. The molecule has 0 aromatic heterocycles. The Hall–Kier alpha value is -1.59. The lowest BCUT2D eigenvalue weighted by atomic mass is 9.91. The molecule has 6 nitrogen and oxygen atoms in total. The summed E-state index contributed by atoms with van der Waals surface area (Å²) in [5.74, 6) is -1.79. The molecule has 0 spiro atoms. The zero-order valence-electron chi connectivity index (χ0n) is 11.8. The molecular formula is C14H22N2O4. The molecule has 6 heteroatoms. The highest BCUT2D eigenvalue weighted by atomic mass is 16.4.